The van der Waals surface area contributed by atoms with Gasteiger partial charge in [0.05, 0.1) is 13.5 Å². The first kappa shape index (κ1) is 8.39. The van der Waals surface area contributed by atoms with Gasteiger partial charge in [-0.15, -0.1) is 0 Å². The third kappa shape index (κ3) is 2.42. The van der Waals surface area contributed by atoms with Crippen molar-refractivity contribution in [3.63, 3.8) is 0 Å². The maximum atomic E-state index is 10.7. The number of carbonyl (C=O) groups excluding carboxylic acids is 2. The van der Waals surface area contributed by atoms with Gasteiger partial charge in [-0.05, 0) is 11.8 Å². The Morgan fingerprint density at radius 1 is 1.91 bits per heavy atom. The number of thioether (sulfide) groups is 1. The van der Waals surface area contributed by atoms with Crippen molar-refractivity contribution in [2.75, 3.05) is 12.9 Å². The van der Waals surface area contributed by atoms with Gasteiger partial charge in [-0.2, -0.15) is 0 Å². The molecule has 0 spiro atoms. The van der Waals surface area contributed by atoms with Gasteiger partial charge >= 0.3 is 11.3 Å². The molecule has 1 heterocycles. The first-order valence-corrected chi connectivity index (χ1v) is 4.11. The Bertz CT molecular complexity index is 179. The maximum absolute atomic E-state index is 10.7. The highest BCUT2D eigenvalue weighted by molar-refractivity contribution is 8.13. The Hall–Kier alpha value is -0.710. The fourth-order valence-electron chi connectivity index (χ4n) is 0.735. The molecule has 0 aromatic rings. The van der Waals surface area contributed by atoms with Crippen molar-refractivity contribution in [2.24, 2.45) is 0 Å². The molecule has 1 unspecified atom stereocenters. The van der Waals surface area contributed by atoms with E-state index in [2.05, 4.69) is 4.74 Å². The van der Waals surface area contributed by atoms with Crippen LogP contribution in [0, 0.1) is 0 Å². The number of hydrogen-bond donors (Lipinski definition) is 0. The van der Waals surface area contributed by atoms with E-state index in [0.717, 1.165) is 11.8 Å². The molecule has 1 aliphatic rings. The van der Waals surface area contributed by atoms with Crippen LogP contribution >= 0.6 is 11.8 Å². The normalized spacial score (nSPS) is 23.0. The fourth-order valence-corrected chi connectivity index (χ4v) is 1.45. The van der Waals surface area contributed by atoms with E-state index >= 15 is 0 Å². The summed E-state index contributed by atoms with van der Waals surface area (Å²) >= 11 is 1.09. The average molecular weight is 176 g/mol. The summed E-state index contributed by atoms with van der Waals surface area (Å²) in [5.41, 5.74) is 0. The molecule has 0 aliphatic carbocycles. The number of carbonyl (C=O) groups is 2. The number of cyclic esters (lactones) is 1. The van der Waals surface area contributed by atoms with Gasteiger partial charge in [-0.1, -0.05) is 0 Å². The van der Waals surface area contributed by atoms with Crippen molar-refractivity contribution in [3.8, 4) is 0 Å². The van der Waals surface area contributed by atoms with Gasteiger partial charge in [-0.3, -0.25) is 4.79 Å². The minimum absolute atomic E-state index is 0.162. The van der Waals surface area contributed by atoms with Crippen LogP contribution in [0.3, 0.4) is 0 Å². The molecule has 11 heavy (non-hydrogen) atoms. The molecule has 0 saturated carbocycles. The summed E-state index contributed by atoms with van der Waals surface area (Å²) in [6, 6.07) is 0. The van der Waals surface area contributed by atoms with Crippen LogP contribution in [0.2, 0.25) is 0 Å². The van der Waals surface area contributed by atoms with Crippen LogP contribution in [0.15, 0.2) is 0 Å². The molecule has 4 nitrogen and oxygen atoms in total. The van der Waals surface area contributed by atoms with Crippen LogP contribution < -0.4 is 0 Å². The van der Waals surface area contributed by atoms with E-state index in [-0.39, 0.29) is 23.8 Å². The Labute approximate surface area is 68.2 Å². The minimum atomic E-state index is -0.342. The molecule has 1 atom stereocenters. The van der Waals surface area contributed by atoms with Crippen molar-refractivity contribution in [1.82, 2.24) is 0 Å². The SMILES string of the molecule is COC(=O)CC1CSC(=O)O1. The molecule has 62 valence electrons. The van der Waals surface area contributed by atoms with Crippen LogP contribution in [-0.2, 0) is 14.3 Å². The Morgan fingerprint density at radius 3 is 3.09 bits per heavy atom. The molecule has 0 bridgehead atoms. The van der Waals surface area contributed by atoms with Gasteiger partial charge in [0.2, 0.25) is 0 Å². The van der Waals surface area contributed by atoms with Gasteiger partial charge in [0, 0.05) is 5.75 Å². The van der Waals surface area contributed by atoms with Crippen molar-refractivity contribution in [1.29, 1.82) is 0 Å². The summed E-state index contributed by atoms with van der Waals surface area (Å²) in [6.45, 7) is 0. The monoisotopic (exact) mass is 176 g/mol. The van der Waals surface area contributed by atoms with Crippen molar-refractivity contribution in [3.05, 3.63) is 0 Å². The highest BCUT2D eigenvalue weighted by atomic mass is 32.2. The lowest BCUT2D eigenvalue weighted by Crippen LogP contribution is -2.16. The summed E-state index contributed by atoms with van der Waals surface area (Å²) in [7, 11) is 1.31. The predicted octanol–water partition coefficient (Wildman–Crippen LogP) is 0.801. The molecule has 5 heteroatoms. The number of ether oxygens (including phenoxy) is 2. The molecular formula is C6H8O4S. The maximum Gasteiger partial charge on any atom is 0.367 e. The van der Waals surface area contributed by atoms with Crippen LogP contribution in [0.25, 0.3) is 0 Å². The van der Waals surface area contributed by atoms with Gasteiger partial charge in [0.25, 0.3) is 0 Å². The topological polar surface area (TPSA) is 52.6 Å². The van der Waals surface area contributed by atoms with Crippen molar-refractivity contribution >= 4 is 23.0 Å². The summed E-state index contributed by atoms with van der Waals surface area (Å²) < 4.78 is 9.16. The van der Waals surface area contributed by atoms with Gasteiger partial charge in [0.1, 0.15) is 6.10 Å². The number of hydrogen-bond acceptors (Lipinski definition) is 5. The zero-order valence-corrected chi connectivity index (χ0v) is 6.85. The van der Waals surface area contributed by atoms with Crippen LogP contribution in [0.1, 0.15) is 6.42 Å². The smallest absolute Gasteiger partial charge is 0.367 e. The molecule has 0 amide bonds. The second-order valence-corrected chi connectivity index (χ2v) is 3.04. The van der Waals surface area contributed by atoms with Crippen LogP contribution in [0.5, 0.6) is 0 Å². The lowest BCUT2D eigenvalue weighted by molar-refractivity contribution is -0.142. The highest BCUT2D eigenvalue weighted by Gasteiger charge is 2.26. The van der Waals surface area contributed by atoms with Crippen molar-refractivity contribution in [2.45, 2.75) is 12.5 Å². The fraction of sp³-hybridized carbons (Fsp3) is 0.667. The lowest BCUT2D eigenvalue weighted by Gasteiger charge is -2.04. The molecule has 1 rings (SSSR count). The zero-order valence-electron chi connectivity index (χ0n) is 6.03. The van der Waals surface area contributed by atoms with E-state index in [1.165, 1.54) is 7.11 Å². The Kier molecular flexibility index (Phi) is 2.76. The van der Waals surface area contributed by atoms with Gasteiger partial charge < -0.3 is 9.47 Å². The summed E-state index contributed by atoms with van der Waals surface area (Å²) in [6.07, 6.45) is -0.130. The predicted molar refractivity (Wildman–Crippen MR) is 39.4 cm³/mol. The average Bonchev–Trinajstić information content (AvgIpc) is 2.35. The van der Waals surface area contributed by atoms with Crippen molar-refractivity contribution < 1.29 is 19.1 Å². The van der Waals surface area contributed by atoms with E-state index in [4.69, 9.17) is 4.74 Å². The molecule has 0 aromatic heterocycles. The molecular weight excluding hydrogens is 168 g/mol. The largest absolute Gasteiger partial charge is 0.469 e. The van der Waals surface area contributed by atoms with Gasteiger partial charge in [-0.25, -0.2) is 4.79 Å². The Balaban J connectivity index is 2.28. The highest BCUT2D eigenvalue weighted by Crippen LogP contribution is 2.21. The van der Waals surface area contributed by atoms with E-state index in [1.54, 1.807) is 0 Å². The summed E-state index contributed by atoms with van der Waals surface area (Å²) in [5, 5.41) is -0.307. The van der Waals surface area contributed by atoms with Crippen LogP contribution in [-0.4, -0.2) is 30.2 Å². The van der Waals surface area contributed by atoms with E-state index in [1.807, 2.05) is 0 Å². The first-order chi connectivity index (χ1) is 5.22. The molecule has 1 aliphatic heterocycles. The molecule has 0 N–H and O–H groups in total. The second-order valence-electron chi connectivity index (χ2n) is 2.08. The quantitative estimate of drug-likeness (QED) is 0.582. The number of methoxy groups -OCH3 is 1. The molecule has 0 radical (unpaired) electrons. The number of rotatable bonds is 2. The minimum Gasteiger partial charge on any atom is -0.469 e. The second kappa shape index (κ2) is 3.61. The standard InChI is InChI=1S/C6H8O4S/c1-9-5(7)2-4-3-11-6(8)10-4/h4H,2-3H2,1H3. The zero-order chi connectivity index (χ0) is 8.27. The number of esters is 1. The lowest BCUT2D eigenvalue weighted by atomic mass is 10.3. The van der Waals surface area contributed by atoms with Crippen LogP contribution in [0.4, 0.5) is 4.79 Å². The molecule has 1 fully saturated rings. The molecule has 1 saturated heterocycles. The van der Waals surface area contributed by atoms with Gasteiger partial charge in [0.15, 0.2) is 0 Å². The third-order valence-electron chi connectivity index (χ3n) is 1.27. The third-order valence-corrected chi connectivity index (χ3v) is 2.14. The van der Waals surface area contributed by atoms with E-state index < -0.39 is 0 Å². The first-order valence-electron chi connectivity index (χ1n) is 3.12. The molecule has 0 aromatic carbocycles. The summed E-state index contributed by atoms with van der Waals surface area (Å²) in [5.74, 6) is 0.207. The van der Waals surface area contributed by atoms with E-state index in [0.29, 0.717) is 5.75 Å². The Morgan fingerprint density at radius 2 is 2.64 bits per heavy atom. The van der Waals surface area contributed by atoms with E-state index in [9.17, 15) is 9.59 Å². The summed E-state index contributed by atoms with van der Waals surface area (Å²) in [4.78, 5) is 21.2.